The summed E-state index contributed by atoms with van der Waals surface area (Å²) in [5, 5.41) is 9.23. The number of hydrogen-bond acceptors (Lipinski definition) is 5. The van der Waals surface area contributed by atoms with Gasteiger partial charge in [-0.2, -0.15) is 5.26 Å². The summed E-state index contributed by atoms with van der Waals surface area (Å²) in [5.74, 6) is 0.660. The molecule has 0 atom stereocenters. The molecular formula is C12H16ClN3O2. The number of methoxy groups -OCH3 is 2. The zero-order chi connectivity index (χ0) is 13.4. The van der Waals surface area contributed by atoms with Gasteiger partial charge in [-0.25, -0.2) is 4.98 Å². The van der Waals surface area contributed by atoms with Crippen LogP contribution >= 0.6 is 11.6 Å². The third kappa shape index (κ3) is 4.49. The minimum Gasteiger partial charge on any atom is -0.383 e. The van der Waals surface area contributed by atoms with Gasteiger partial charge in [-0.1, -0.05) is 11.6 Å². The molecule has 0 aliphatic rings. The third-order valence-electron chi connectivity index (χ3n) is 2.36. The Morgan fingerprint density at radius 1 is 1.28 bits per heavy atom. The van der Waals surface area contributed by atoms with E-state index in [4.69, 9.17) is 26.3 Å². The summed E-state index contributed by atoms with van der Waals surface area (Å²) in [5.41, 5.74) is 0.491. The minimum atomic E-state index is 0.309. The highest BCUT2D eigenvalue weighted by molar-refractivity contribution is 6.29. The van der Waals surface area contributed by atoms with E-state index >= 15 is 0 Å². The SMILES string of the molecule is COCCN(CCOC)c1cc(C#N)cc(Cl)n1. The second-order valence-corrected chi connectivity index (χ2v) is 4.01. The average molecular weight is 270 g/mol. The van der Waals surface area contributed by atoms with Crippen molar-refractivity contribution < 1.29 is 9.47 Å². The number of rotatable bonds is 7. The molecule has 1 heterocycles. The van der Waals surface area contributed by atoms with Crippen molar-refractivity contribution in [1.29, 1.82) is 5.26 Å². The van der Waals surface area contributed by atoms with E-state index in [2.05, 4.69) is 11.1 Å². The van der Waals surface area contributed by atoms with Gasteiger partial charge >= 0.3 is 0 Å². The Hall–Kier alpha value is -1.35. The third-order valence-corrected chi connectivity index (χ3v) is 2.56. The van der Waals surface area contributed by atoms with Crippen LogP contribution in [-0.2, 0) is 9.47 Å². The predicted molar refractivity (Wildman–Crippen MR) is 69.9 cm³/mol. The second-order valence-electron chi connectivity index (χ2n) is 3.62. The number of halogens is 1. The quantitative estimate of drug-likeness (QED) is 0.705. The Kier molecular flexibility index (Phi) is 6.44. The molecule has 0 fully saturated rings. The summed E-state index contributed by atoms with van der Waals surface area (Å²) in [6.45, 7) is 2.47. The van der Waals surface area contributed by atoms with Gasteiger partial charge in [0.05, 0.1) is 24.8 Å². The van der Waals surface area contributed by atoms with Crippen molar-refractivity contribution >= 4 is 17.4 Å². The van der Waals surface area contributed by atoms with Crippen LogP contribution in [0.1, 0.15) is 5.56 Å². The summed E-state index contributed by atoms with van der Waals surface area (Å²) in [4.78, 5) is 6.19. The summed E-state index contributed by atoms with van der Waals surface area (Å²) in [7, 11) is 3.28. The van der Waals surface area contributed by atoms with E-state index in [9.17, 15) is 0 Å². The van der Waals surface area contributed by atoms with E-state index in [1.54, 1.807) is 20.3 Å². The van der Waals surface area contributed by atoms with Gasteiger partial charge in [0.2, 0.25) is 0 Å². The van der Waals surface area contributed by atoms with Gasteiger partial charge in [0.15, 0.2) is 0 Å². The first-order chi connectivity index (χ1) is 8.71. The molecule has 0 unspecified atom stereocenters. The molecule has 1 aromatic heterocycles. The van der Waals surface area contributed by atoms with Gasteiger partial charge < -0.3 is 14.4 Å². The molecule has 0 saturated carbocycles. The fraction of sp³-hybridized carbons (Fsp3) is 0.500. The lowest BCUT2D eigenvalue weighted by molar-refractivity contribution is 0.190. The van der Waals surface area contributed by atoms with E-state index in [-0.39, 0.29) is 0 Å². The molecule has 0 spiro atoms. The lowest BCUT2D eigenvalue weighted by atomic mass is 10.3. The molecule has 0 bridgehead atoms. The highest BCUT2D eigenvalue weighted by Crippen LogP contribution is 2.17. The Morgan fingerprint density at radius 3 is 2.39 bits per heavy atom. The van der Waals surface area contributed by atoms with Gasteiger partial charge in [-0.05, 0) is 12.1 Å². The van der Waals surface area contributed by atoms with Crippen LogP contribution < -0.4 is 4.90 Å². The molecule has 0 aliphatic carbocycles. The molecule has 6 heteroatoms. The monoisotopic (exact) mass is 269 g/mol. The molecule has 0 aromatic carbocycles. The maximum absolute atomic E-state index is 8.92. The molecule has 18 heavy (non-hydrogen) atoms. The number of hydrogen-bond donors (Lipinski definition) is 0. The molecule has 98 valence electrons. The first-order valence-corrected chi connectivity index (χ1v) is 5.89. The van der Waals surface area contributed by atoms with Crippen LogP contribution in [0.4, 0.5) is 5.82 Å². The Morgan fingerprint density at radius 2 is 1.89 bits per heavy atom. The van der Waals surface area contributed by atoms with Crippen LogP contribution in [0.15, 0.2) is 12.1 Å². The minimum absolute atomic E-state index is 0.309. The molecule has 0 aliphatic heterocycles. The molecule has 0 radical (unpaired) electrons. The van der Waals surface area contributed by atoms with Gasteiger partial charge in [0, 0.05) is 27.3 Å². The van der Waals surface area contributed by atoms with Crippen LogP contribution in [0.5, 0.6) is 0 Å². The Bertz CT molecular complexity index is 412. The second kappa shape index (κ2) is 7.88. The van der Waals surface area contributed by atoms with Gasteiger partial charge in [0.1, 0.15) is 11.0 Å². The summed E-state index contributed by atoms with van der Waals surface area (Å²) in [6.07, 6.45) is 0. The predicted octanol–water partition coefficient (Wildman–Crippen LogP) is 1.71. The fourth-order valence-corrected chi connectivity index (χ4v) is 1.66. The molecule has 0 amide bonds. The lowest BCUT2D eigenvalue weighted by Gasteiger charge is -2.23. The van der Waals surface area contributed by atoms with Crippen molar-refractivity contribution in [2.24, 2.45) is 0 Å². The Balaban J connectivity index is 2.89. The molecule has 1 aromatic rings. The largest absolute Gasteiger partial charge is 0.383 e. The number of anilines is 1. The summed E-state index contributed by atoms with van der Waals surface area (Å²) in [6, 6.07) is 5.30. The first kappa shape index (κ1) is 14.7. The smallest absolute Gasteiger partial charge is 0.132 e. The van der Waals surface area contributed by atoms with Crippen molar-refractivity contribution in [3.63, 3.8) is 0 Å². The van der Waals surface area contributed by atoms with Gasteiger partial charge in [0.25, 0.3) is 0 Å². The normalized spacial score (nSPS) is 10.1. The van der Waals surface area contributed by atoms with Crippen LogP contribution in [0, 0.1) is 11.3 Å². The fourth-order valence-electron chi connectivity index (χ4n) is 1.45. The summed E-state index contributed by atoms with van der Waals surface area (Å²) >= 11 is 5.89. The maximum Gasteiger partial charge on any atom is 0.132 e. The van der Waals surface area contributed by atoms with Crippen LogP contribution in [-0.4, -0.2) is 45.5 Å². The number of pyridine rings is 1. The van der Waals surface area contributed by atoms with E-state index in [1.165, 1.54) is 6.07 Å². The highest BCUT2D eigenvalue weighted by Gasteiger charge is 2.10. The van der Waals surface area contributed by atoms with Crippen molar-refractivity contribution in [2.75, 3.05) is 45.4 Å². The zero-order valence-electron chi connectivity index (χ0n) is 10.5. The van der Waals surface area contributed by atoms with Crippen molar-refractivity contribution in [3.8, 4) is 6.07 Å². The van der Waals surface area contributed by atoms with E-state index < -0.39 is 0 Å². The lowest BCUT2D eigenvalue weighted by Crippen LogP contribution is -2.31. The highest BCUT2D eigenvalue weighted by atomic mass is 35.5. The topological polar surface area (TPSA) is 58.4 Å². The Labute approximate surface area is 112 Å². The number of nitriles is 1. The number of ether oxygens (including phenoxy) is 2. The standard InChI is InChI=1S/C12H16ClN3O2/c1-17-5-3-16(4-6-18-2)12-8-10(9-14)7-11(13)15-12/h7-8H,3-6H2,1-2H3. The number of aromatic nitrogens is 1. The van der Waals surface area contributed by atoms with E-state index in [1.807, 2.05) is 4.90 Å². The first-order valence-electron chi connectivity index (χ1n) is 5.51. The van der Waals surface area contributed by atoms with E-state index in [0.717, 1.165) is 0 Å². The van der Waals surface area contributed by atoms with Crippen molar-refractivity contribution in [1.82, 2.24) is 4.98 Å². The van der Waals surface area contributed by atoms with Crippen LogP contribution in [0.25, 0.3) is 0 Å². The molecule has 1 rings (SSSR count). The summed E-state index contributed by atoms with van der Waals surface area (Å²) < 4.78 is 10.1. The molecule has 0 N–H and O–H groups in total. The maximum atomic E-state index is 8.92. The number of nitrogens with zero attached hydrogens (tertiary/aromatic N) is 3. The van der Waals surface area contributed by atoms with Gasteiger partial charge in [-0.3, -0.25) is 0 Å². The zero-order valence-corrected chi connectivity index (χ0v) is 11.3. The van der Waals surface area contributed by atoms with Gasteiger partial charge in [-0.15, -0.1) is 0 Å². The average Bonchev–Trinajstić information content (AvgIpc) is 2.38. The van der Waals surface area contributed by atoms with Crippen molar-refractivity contribution in [2.45, 2.75) is 0 Å². The molecule has 0 saturated heterocycles. The van der Waals surface area contributed by atoms with Crippen LogP contribution in [0.3, 0.4) is 0 Å². The molecule has 5 nitrogen and oxygen atoms in total. The van der Waals surface area contributed by atoms with Crippen LogP contribution in [0.2, 0.25) is 5.15 Å². The molecular weight excluding hydrogens is 254 g/mol. The van der Waals surface area contributed by atoms with E-state index in [0.29, 0.717) is 42.8 Å². The van der Waals surface area contributed by atoms with Crippen molar-refractivity contribution in [3.05, 3.63) is 22.8 Å².